The molecule has 1 fully saturated rings. The third kappa shape index (κ3) is 2.74. The molecule has 0 radical (unpaired) electrons. The van der Waals surface area contributed by atoms with E-state index in [-0.39, 0.29) is 10.6 Å². The fourth-order valence-electron chi connectivity index (χ4n) is 2.09. The summed E-state index contributed by atoms with van der Waals surface area (Å²) in [6.07, 6.45) is 2.91. The number of hydrogen-bond donors (Lipinski definition) is 1. The van der Waals surface area contributed by atoms with Crippen LogP contribution >= 0.6 is 31.9 Å². The lowest BCUT2D eigenvalue weighted by Gasteiger charge is -2.26. The van der Waals surface area contributed by atoms with Gasteiger partial charge in [-0.15, -0.1) is 0 Å². The monoisotopic (exact) mass is 396 g/mol. The Morgan fingerprint density at radius 3 is 2.28 bits per heavy atom. The SMILES string of the molecule is Nc1cc(Br)cc(Br)c1S(=O)(=O)N1CCCCC1. The molecule has 100 valence electrons. The molecule has 7 heteroatoms. The highest BCUT2D eigenvalue weighted by Crippen LogP contribution is 2.34. The molecule has 2 N–H and O–H groups in total. The topological polar surface area (TPSA) is 63.4 Å². The molecule has 1 aromatic carbocycles. The van der Waals surface area contributed by atoms with Crippen molar-refractivity contribution in [3.8, 4) is 0 Å². The van der Waals surface area contributed by atoms with Gasteiger partial charge in [-0.3, -0.25) is 0 Å². The highest BCUT2D eigenvalue weighted by molar-refractivity contribution is 9.11. The molecule has 1 aromatic rings. The van der Waals surface area contributed by atoms with Crippen LogP contribution in [0.15, 0.2) is 26.0 Å². The molecule has 0 aromatic heterocycles. The minimum Gasteiger partial charge on any atom is -0.398 e. The summed E-state index contributed by atoms with van der Waals surface area (Å²) in [5.41, 5.74) is 6.11. The first-order valence-electron chi connectivity index (χ1n) is 5.67. The highest BCUT2D eigenvalue weighted by atomic mass is 79.9. The van der Waals surface area contributed by atoms with Crippen LogP contribution < -0.4 is 5.73 Å². The van der Waals surface area contributed by atoms with Crippen LogP contribution in [0.4, 0.5) is 5.69 Å². The van der Waals surface area contributed by atoms with Gasteiger partial charge in [0.2, 0.25) is 10.0 Å². The first-order chi connectivity index (χ1) is 8.43. The van der Waals surface area contributed by atoms with Crippen LogP contribution in [0.2, 0.25) is 0 Å². The van der Waals surface area contributed by atoms with E-state index < -0.39 is 10.0 Å². The average Bonchev–Trinajstić information content (AvgIpc) is 2.28. The summed E-state index contributed by atoms with van der Waals surface area (Å²) in [4.78, 5) is 0.174. The number of hydrogen-bond acceptors (Lipinski definition) is 3. The normalized spacial score (nSPS) is 17.9. The number of benzene rings is 1. The van der Waals surface area contributed by atoms with E-state index in [0.717, 1.165) is 23.7 Å². The van der Waals surface area contributed by atoms with Crippen molar-refractivity contribution < 1.29 is 8.42 Å². The van der Waals surface area contributed by atoms with Gasteiger partial charge < -0.3 is 5.73 Å². The van der Waals surface area contributed by atoms with Gasteiger partial charge in [-0.1, -0.05) is 22.4 Å². The largest absolute Gasteiger partial charge is 0.398 e. The molecule has 1 heterocycles. The van der Waals surface area contributed by atoms with Crippen LogP contribution in [-0.4, -0.2) is 25.8 Å². The molecular weight excluding hydrogens is 384 g/mol. The molecule has 2 rings (SSSR count). The van der Waals surface area contributed by atoms with E-state index in [4.69, 9.17) is 5.73 Å². The lowest BCUT2D eigenvalue weighted by atomic mass is 10.2. The van der Waals surface area contributed by atoms with Crippen molar-refractivity contribution in [3.63, 3.8) is 0 Å². The van der Waals surface area contributed by atoms with Gasteiger partial charge in [-0.05, 0) is 40.9 Å². The Morgan fingerprint density at radius 2 is 1.72 bits per heavy atom. The van der Waals surface area contributed by atoms with Gasteiger partial charge in [0.1, 0.15) is 4.90 Å². The molecule has 1 aliphatic heterocycles. The van der Waals surface area contributed by atoms with Crippen LogP contribution in [0.3, 0.4) is 0 Å². The predicted molar refractivity (Wildman–Crippen MR) is 78.9 cm³/mol. The Labute approximate surface area is 124 Å². The second kappa shape index (κ2) is 5.48. The van der Waals surface area contributed by atoms with Crippen molar-refractivity contribution >= 4 is 47.6 Å². The first-order valence-corrected chi connectivity index (χ1v) is 8.70. The van der Waals surface area contributed by atoms with Crippen molar-refractivity contribution in [3.05, 3.63) is 21.1 Å². The Morgan fingerprint density at radius 1 is 1.11 bits per heavy atom. The summed E-state index contributed by atoms with van der Waals surface area (Å²) in [5.74, 6) is 0. The summed E-state index contributed by atoms with van der Waals surface area (Å²) in [6.45, 7) is 1.15. The third-order valence-corrected chi connectivity index (χ3v) is 6.31. The molecule has 4 nitrogen and oxygen atoms in total. The zero-order chi connectivity index (χ0) is 13.3. The van der Waals surface area contributed by atoms with E-state index in [2.05, 4.69) is 31.9 Å². The molecule has 1 aliphatic rings. The molecule has 0 unspecified atom stereocenters. The van der Waals surface area contributed by atoms with Crippen molar-refractivity contribution in [2.45, 2.75) is 24.2 Å². The van der Waals surface area contributed by atoms with E-state index in [9.17, 15) is 8.42 Å². The van der Waals surface area contributed by atoms with E-state index in [1.54, 1.807) is 12.1 Å². The number of sulfonamides is 1. The first kappa shape index (κ1) is 14.3. The number of rotatable bonds is 2. The molecular formula is C11H14Br2N2O2S. The number of nitrogens with two attached hydrogens (primary N) is 1. The maximum atomic E-state index is 12.5. The van der Waals surface area contributed by atoms with Crippen molar-refractivity contribution in [1.29, 1.82) is 0 Å². The quantitative estimate of drug-likeness (QED) is 0.780. The van der Waals surface area contributed by atoms with Crippen LogP contribution in [0.25, 0.3) is 0 Å². The molecule has 0 atom stereocenters. The Balaban J connectivity index is 2.47. The fourth-order valence-corrected chi connectivity index (χ4v) is 5.62. The van der Waals surface area contributed by atoms with Crippen LogP contribution in [0.5, 0.6) is 0 Å². The maximum Gasteiger partial charge on any atom is 0.246 e. The minimum absolute atomic E-state index is 0.174. The molecule has 0 aliphatic carbocycles. The second-order valence-corrected chi connectivity index (χ2v) is 7.92. The maximum absolute atomic E-state index is 12.5. The van der Waals surface area contributed by atoms with E-state index in [1.807, 2.05) is 0 Å². The summed E-state index contributed by atoms with van der Waals surface area (Å²) in [7, 11) is -3.50. The molecule has 18 heavy (non-hydrogen) atoms. The smallest absolute Gasteiger partial charge is 0.246 e. The van der Waals surface area contributed by atoms with Gasteiger partial charge >= 0.3 is 0 Å². The molecule has 0 bridgehead atoms. The van der Waals surface area contributed by atoms with Gasteiger partial charge in [0.15, 0.2) is 0 Å². The zero-order valence-electron chi connectivity index (χ0n) is 9.70. The van der Waals surface area contributed by atoms with Gasteiger partial charge in [0, 0.05) is 22.0 Å². The number of halogens is 2. The molecule has 0 spiro atoms. The average molecular weight is 398 g/mol. The summed E-state index contributed by atoms with van der Waals surface area (Å²) in [5, 5.41) is 0. The summed E-state index contributed by atoms with van der Waals surface area (Å²) < 4.78 is 27.9. The Kier molecular flexibility index (Phi) is 4.36. The van der Waals surface area contributed by atoms with Crippen LogP contribution in [0.1, 0.15) is 19.3 Å². The number of nitrogen functional groups attached to an aromatic ring is 1. The minimum atomic E-state index is -3.50. The molecule has 1 saturated heterocycles. The van der Waals surface area contributed by atoms with Gasteiger partial charge in [0.25, 0.3) is 0 Å². The molecule has 0 saturated carbocycles. The van der Waals surface area contributed by atoms with Gasteiger partial charge in [-0.2, -0.15) is 4.31 Å². The second-order valence-electron chi connectivity index (χ2n) is 4.27. The standard InChI is InChI=1S/C11H14Br2N2O2S/c12-8-6-9(13)11(10(14)7-8)18(16,17)15-4-2-1-3-5-15/h6-7H,1-5,14H2. The fraction of sp³-hybridized carbons (Fsp3) is 0.455. The summed E-state index contributed by atoms with van der Waals surface area (Å²) in [6, 6.07) is 3.31. The van der Waals surface area contributed by atoms with Crippen LogP contribution in [-0.2, 0) is 10.0 Å². The predicted octanol–water partition coefficient (Wildman–Crippen LogP) is 2.97. The van der Waals surface area contributed by atoms with Crippen molar-refractivity contribution in [1.82, 2.24) is 4.31 Å². The number of piperidine rings is 1. The molecule has 0 amide bonds. The highest BCUT2D eigenvalue weighted by Gasteiger charge is 2.29. The lowest BCUT2D eigenvalue weighted by Crippen LogP contribution is -2.36. The van der Waals surface area contributed by atoms with Crippen molar-refractivity contribution in [2.75, 3.05) is 18.8 Å². The van der Waals surface area contributed by atoms with Gasteiger partial charge in [-0.25, -0.2) is 8.42 Å². The Hall–Kier alpha value is -0.110. The van der Waals surface area contributed by atoms with E-state index in [0.29, 0.717) is 17.6 Å². The zero-order valence-corrected chi connectivity index (χ0v) is 13.7. The van der Waals surface area contributed by atoms with Crippen molar-refractivity contribution in [2.24, 2.45) is 0 Å². The van der Waals surface area contributed by atoms with Gasteiger partial charge in [0.05, 0.1) is 5.69 Å². The van der Waals surface area contributed by atoms with E-state index >= 15 is 0 Å². The third-order valence-electron chi connectivity index (χ3n) is 2.95. The lowest BCUT2D eigenvalue weighted by molar-refractivity contribution is 0.346. The van der Waals surface area contributed by atoms with Crippen LogP contribution in [0, 0.1) is 0 Å². The Bertz CT molecular complexity index is 531. The number of nitrogens with zero attached hydrogens (tertiary/aromatic N) is 1. The van der Waals surface area contributed by atoms with E-state index in [1.165, 1.54) is 4.31 Å². The number of anilines is 1. The summed E-state index contributed by atoms with van der Waals surface area (Å²) >= 11 is 6.58.